The molecule has 1 heterocycles. The molecule has 1 amide bonds. The van der Waals surface area contributed by atoms with Gasteiger partial charge in [-0.3, -0.25) is 4.79 Å². The molecule has 0 radical (unpaired) electrons. The lowest BCUT2D eigenvalue weighted by Gasteiger charge is -2.18. The van der Waals surface area contributed by atoms with Gasteiger partial charge < -0.3 is 15.0 Å². The molecule has 1 fully saturated rings. The normalized spacial score (nSPS) is 15.7. The molecule has 5 heteroatoms. The van der Waals surface area contributed by atoms with Gasteiger partial charge in [-0.2, -0.15) is 0 Å². The predicted octanol–water partition coefficient (Wildman–Crippen LogP) is 2.32. The van der Waals surface area contributed by atoms with Crippen molar-refractivity contribution in [3.63, 3.8) is 0 Å². The van der Waals surface area contributed by atoms with Crippen molar-refractivity contribution in [1.29, 1.82) is 0 Å². The highest BCUT2D eigenvalue weighted by molar-refractivity contribution is 5.97. The standard InChI is InChI=1S/C16H19N3O2/c1-10-3-6-13(20)12(9-10)16(21)18-14(11-4-5-11)15-17-7-8-19(15)2/h3,6-9,11,14,20H,4-5H2,1-2H3,(H,18,21)/t14-/m0/s1. The summed E-state index contributed by atoms with van der Waals surface area (Å²) in [5.41, 5.74) is 1.26. The van der Waals surface area contributed by atoms with E-state index in [2.05, 4.69) is 10.3 Å². The Kier molecular flexibility index (Phi) is 3.41. The molecular formula is C16H19N3O2. The summed E-state index contributed by atoms with van der Waals surface area (Å²) in [5.74, 6) is 1.04. The number of carbonyl (C=O) groups is 1. The summed E-state index contributed by atoms with van der Waals surface area (Å²) < 4.78 is 1.93. The predicted molar refractivity (Wildman–Crippen MR) is 79.0 cm³/mol. The Balaban J connectivity index is 1.85. The molecule has 0 unspecified atom stereocenters. The van der Waals surface area contributed by atoms with Gasteiger partial charge in [-0.1, -0.05) is 11.6 Å². The molecule has 1 aliphatic rings. The summed E-state index contributed by atoms with van der Waals surface area (Å²) >= 11 is 0. The van der Waals surface area contributed by atoms with E-state index >= 15 is 0 Å². The second-order valence-corrected chi connectivity index (χ2v) is 5.71. The van der Waals surface area contributed by atoms with Crippen LogP contribution < -0.4 is 5.32 Å². The van der Waals surface area contributed by atoms with Gasteiger partial charge in [-0.15, -0.1) is 0 Å². The Morgan fingerprint density at radius 3 is 2.86 bits per heavy atom. The molecule has 21 heavy (non-hydrogen) atoms. The molecule has 0 spiro atoms. The fraction of sp³-hybridized carbons (Fsp3) is 0.375. The topological polar surface area (TPSA) is 67.2 Å². The Morgan fingerprint density at radius 2 is 2.24 bits per heavy atom. The molecule has 1 aliphatic carbocycles. The number of phenols is 1. The van der Waals surface area contributed by atoms with Crippen LogP contribution in [0.25, 0.3) is 0 Å². The number of rotatable bonds is 4. The zero-order valence-electron chi connectivity index (χ0n) is 12.2. The van der Waals surface area contributed by atoms with Gasteiger partial charge in [0.15, 0.2) is 0 Å². The maximum Gasteiger partial charge on any atom is 0.255 e. The van der Waals surface area contributed by atoms with Gasteiger partial charge in [0, 0.05) is 19.4 Å². The fourth-order valence-electron chi connectivity index (χ4n) is 2.55. The third-order valence-electron chi connectivity index (χ3n) is 3.91. The van der Waals surface area contributed by atoms with Crippen LogP contribution in [0.1, 0.15) is 40.6 Å². The average molecular weight is 285 g/mol. The van der Waals surface area contributed by atoms with Crippen LogP contribution in [0.3, 0.4) is 0 Å². The Bertz CT molecular complexity index is 674. The number of hydrogen-bond donors (Lipinski definition) is 2. The summed E-state index contributed by atoms with van der Waals surface area (Å²) in [5, 5.41) is 12.9. The van der Waals surface area contributed by atoms with Crippen LogP contribution in [-0.2, 0) is 7.05 Å². The number of aromatic nitrogens is 2. The van der Waals surface area contributed by atoms with Crippen molar-refractivity contribution in [2.45, 2.75) is 25.8 Å². The number of hydrogen-bond acceptors (Lipinski definition) is 3. The van der Waals surface area contributed by atoms with E-state index in [1.807, 2.05) is 24.7 Å². The summed E-state index contributed by atoms with van der Waals surface area (Å²) in [6.07, 6.45) is 5.80. The van der Waals surface area contributed by atoms with Crippen LogP contribution in [-0.4, -0.2) is 20.6 Å². The van der Waals surface area contributed by atoms with E-state index in [4.69, 9.17) is 0 Å². The van der Waals surface area contributed by atoms with Gasteiger partial charge in [0.2, 0.25) is 0 Å². The lowest BCUT2D eigenvalue weighted by molar-refractivity contribution is 0.0926. The first-order valence-electron chi connectivity index (χ1n) is 7.14. The molecule has 0 bridgehead atoms. The average Bonchev–Trinajstić information content (AvgIpc) is 3.21. The van der Waals surface area contributed by atoms with Gasteiger partial charge in [-0.25, -0.2) is 4.98 Å². The highest BCUT2D eigenvalue weighted by Crippen LogP contribution is 2.40. The summed E-state index contributed by atoms with van der Waals surface area (Å²) in [6.45, 7) is 1.90. The largest absolute Gasteiger partial charge is 0.507 e. The number of aromatic hydroxyl groups is 1. The maximum atomic E-state index is 12.5. The third-order valence-corrected chi connectivity index (χ3v) is 3.91. The van der Waals surface area contributed by atoms with Crippen LogP contribution in [0.15, 0.2) is 30.6 Å². The number of carbonyl (C=O) groups excluding carboxylic acids is 1. The first-order valence-corrected chi connectivity index (χ1v) is 7.14. The van der Waals surface area contributed by atoms with Crippen molar-refractivity contribution >= 4 is 5.91 Å². The zero-order valence-corrected chi connectivity index (χ0v) is 12.2. The van der Waals surface area contributed by atoms with Crippen molar-refractivity contribution in [3.8, 4) is 5.75 Å². The lowest BCUT2D eigenvalue weighted by Crippen LogP contribution is -2.31. The molecule has 2 N–H and O–H groups in total. The molecule has 1 atom stereocenters. The SMILES string of the molecule is Cc1ccc(O)c(C(=O)N[C@H](c2nccn2C)C2CC2)c1. The van der Waals surface area contributed by atoms with Crippen molar-refractivity contribution in [3.05, 3.63) is 47.5 Å². The van der Waals surface area contributed by atoms with E-state index in [-0.39, 0.29) is 17.7 Å². The van der Waals surface area contributed by atoms with Gasteiger partial charge in [-0.05, 0) is 37.8 Å². The Labute approximate surface area is 123 Å². The first-order chi connectivity index (χ1) is 10.1. The van der Waals surface area contributed by atoms with E-state index in [1.54, 1.807) is 24.4 Å². The number of amides is 1. The van der Waals surface area contributed by atoms with Crippen molar-refractivity contribution < 1.29 is 9.90 Å². The van der Waals surface area contributed by atoms with Crippen molar-refractivity contribution in [2.75, 3.05) is 0 Å². The van der Waals surface area contributed by atoms with E-state index in [0.29, 0.717) is 11.5 Å². The van der Waals surface area contributed by atoms with Gasteiger partial charge in [0.1, 0.15) is 11.6 Å². The lowest BCUT2D eigenvalue weighted by atomic mass is 10.1. The first kappa shape index (κ1) is 13.7. The minimum Gasteiger partial charge on any atom is -0.507 e. The Morgan fingerprint density at radius 1 is 1.48 bits per heavy atom. The molecule has 110 valence electrons. The van der Waals surface area contributed by atoms with Crippen molar-refractivity contribution in [1.82, 2.24) is 14.9 Å². The van der Waals surface area contributed by atoms with Gasteiger partial charge in [0.25, 0.3) is 5.91 Å². The monoisotopic (exact) mass is 285 g/mol. The minimum absolute atomic E-state index is 0.00693. The van der Waals surface area contributed by atoms with E-state index in [1.165, 1.54) is 0 Å². The summed E-state index contributed by atoms with van der Waals surface area (Å²) in [7, 11) is 1.92. The highest BCUT2D eigenvalue weighted by atomic mass is 16.3. The zero-order chi connectivity index (χ0) is 15.0. The molecule has 0 saturated heterocycles. The van der Waals surface area contributed by atoms with Crippen LogP contribution in [0.4, 0.5) is 0 Å². The molecular weight excluding hydrogens is 266 g/mol. The third kappa shape index (κ3) is 2.77. The number of nitrogens with zero attached hydrogens (tertiary/aromatic N) is 2. The van der Waals surface area contributed by atoms with Crippen LogP contribution in [0.5, 0.6) is 5.75 Å². The number of phenolic OH excluding ortho intramolecular Hbond substituents is 1. The molecule has 1 aromatic carbocycles. The number of aryl methyl sites for hydroxylation is 2. The molecule has 2 aromatic rings. The van der Waals surface area contributed by atoms with Crippen LogP contribution >= 0.6 is 0 Å². The minimum atomic E-state index is -0.254. The number of nitrogens with one attached hydrogen (secondary N) is 1. The second-order valence-electron chi connectivity index (χ2n) is 5.71. The summed E-state index contributed by atoms with van der Waals surface area (Å²) in [6, 6.07) is 4.94. The molecule has 1 aromatic heterocycles. The number of benzene rings is 1. The molecule has 0 aliphatic heterocycles. The van der Waals surface area contributed by atoms with E-state index in [0.717, 1.165) is 24.2 Å². The molecule has 5 nitrogen and oxygen atoms in total. The fourth-order valence-corrected chi connectivity index (χ4v) is 2.55. The van der Waals surface area contributed by atoms with Crippen molar-refractivity contribution in [2.24, 2.45) is 13.0 Å². The van der Waals surface area contributed by atoms with E-state index in [9.17, 15) is 9.90 Å². The van der Waals surface area contributed by atoms with Gasteiger partial charge >= 0.3 is 0 Å². The molecule has 1 saturated carbocycles. The second kappa shape index (κ2) is 5.24. The van der Waals surface area contributed by atoms with Gasteiger partial charge in [0.05, 0.1) is 11.6 Å². The summed E-state index contributed by atoms with van der Waals surface area (Å²) in [4.78, 5) is 16.8. The Hall–Kier alpha value is -2.30. The smallest absolute Gasteiger partial charge is 0.255 e. The maximum absolute atomic E-state index is 12.5. The van der Waals surface area contributed by atoms with Crippen LogP contribution in [0.2, 0.25) is 0 Å². The van der Waals surface area contributed by atoms with Crippen LogP contribution in [0, 0.1) is 12.8 Å². The highest BCUT2D eigenvalue weighted by Gasteiger charge is 2.36. The molecule has 3 rings (SSSR count). The number of imidazole rings is 1. The quantitative estimate of drug-likeness (QED) is 0.906. The van der Waals surface area contributed by atoms with E-state index < -0.39 is 0 Å².